The van der Waals surface area contributed by atoms with Gasteiger partial charge in [0, 0.05) is 21.8 Å². The standard InChI is InChI=1S/C44H29NO/c1-3-13-30(14-4-1)31-25-27-34(28-26-31)45(40-22-11-18-32-17-7-8-19-35(32)40)41-23-12-24-42-43(41)39-29-38(33-15-5-2-6-16-33)36-20-9-10-21-37(36)44(39)46-42/h1-29H. The van der Waals surface area contributed by atoms with E-state index in [0.29, 0.717) is 0 Å². The normalized spacial score (nSPS) is 11.5. The Labute approximate surface area is 267 Å². The zero-order chi connectivity index (χ0) is 30.5. The highest BCUT2D eigenvalue weighted by atomic mass is 16.3. The van der Waals surface area contributed by atoms with Gasteiger partial charge >= 0.3 is 0 Å². The van der Waals surface area contributed by atoms with E-state index in [4.69, 9.17) is 4.42 Å². The van der Waals surface area contributed by atoms with Gasteiger partial charge in [0.1, 0.15) is 11.2 Å². The molecule has 0 aliphatic rings. The summed E-state index contributed by atoms with van der Waals surface area (Å²) in [5.41, 5.74) is 9.85. The second-order valence-electron chi connectivity index (χ2n) is 11.7. The average molecular weight is 588 g/mol. The zero-order valence-electron chi connectivity index (χ0n) is 25.1. The lowest BCUT2D eigenvalue weighted by atomic mass is 9.95. The summed E-state index contributed by atoms with van der Waals surface area (Å²) in [6.45, 7) is 0. The molecule has 8 aromatic carbocycles. The number of anilines is 3. The van der Waals surface area contributed by atoms with Crippen LogP contribution in [0.25, 0.3) is 65.7 Å². The van der Waals surface area contributed by atoms with Crippen molar-refractivity contribution in [3.63, 3.8) is 0 Å². The van der Waals surface area contributed by atoms with E-state index in [9.17, 15) is 0 Å². The number of nitrogens with zero attached hydrogens (tertiary/aromatic N) is 1. The van der Waals surface area contributed by atoms with E-state index in [-0.39, 0.29) is 0 Å². The molecule has 0 aliphatic heterocycles. The Balaban J connectivity index is 1.35. The van der Waals surface area contributed by atoms with Crippen molar-refractivity contribution >= 4 is 60.5 Å². The van der Waals surface area contributed by atoms with E-state index in [2.05, 4.69) is 181 Å². The van der Waals surface area contributed by atoms with Gasteiger partial charge < -0.3 is 9.32 Å². The van der Waals surface area contributed by atoms with E-state index < -0.39 is 0 Å². The molecule has 0 N–H and O–H groups in total. The van der Waals surface area contributed by atoms with Gasteiger partial charge in [-0.1, -0.05) is 140 Å². The summed E-state index contributed by atoms with van der Waals surface area (Å²) in [6.07, 6.45) is 0. The Kier molecular flexibility index (Phi) is 6.17. The fourth-order valence-corrected chi connectivity index (χ4v) is 6.92. The van der Waals surface area contributed by atoms with Crippen molar-refractivity contribution in [1.82, 2.24) is 0 Å². The van der Waals surface area contributed by atoms with Crippen molar-refractivity contribution in [3.05, 3.63) is 176 Å². The number of hydrogen-bond acceptors (Lipinski definition) is 2. The molecule has 0 amide bonds. The summed E-state index contributed by atoms with van der Waals surface area (Å²) < 4.78 is 6.76. The van der Waals surface area contributed by atoms with Gasteiger partial charge in [-0.25, -0.2) is 0 Å². The smallest absolute Gasteiger partial charge is 0.143 e. The second kappa shape index (κ2) is 10.8. The summed E-state index contributed by atoms with van der Waals surface area (Å²) in [6, 6.07) is 62.6. The molecule has 0 atom stereocenters. The van der Waals surface area contributed by atoms with Crippen LogP contribution >= 0.6 is 0 Å². The van der Waals surface area contributed by atoms with Gasteiger partial charge in [-0.15, -0.1) is 0 Å². The molecular weight excluding hydrogens is 558 g/mol. The number of fused-ring (bicyclic) bond motifs is 6. The maximum absolute atomic E-state index is 6.76. The van der Waals surface area contributed by atoms with E-state index >= 15 is 0 Å². The van der Waals surface area contributed by atoms with Crippen LogP contribution in [0.1, 0.15) is 0 Å². The Hall–Kier alpha value is -6.12. The Bertz CT molecular complexity index is 2510. The number of rotatable bonds is 5. The van der Waals surface area contributed by atoms with Gasteiger partial charge in [0.25, 0.3) is 0 Å². The molecule has 0 fully saturated rings. The second-order valence-corrected chi connectivity index (χ2v) is 11.7. The predicted molar refractivity (Wildman–Crippen MR) is 194 cm³/mol. The van der Waals surface area contributed by atoms with Gasteiger partial charge in [-0.05, 0) is 69.4 Å². The first kappa shape index (κ1) is 26.3. The van der Waals surface area contributed by atoms with Crippen LogP contribution in [0, 0.1) is 0 Å². The summed E-state index contributed by atoms with van der Waals surface area (Å²) >= 11 is 0. The number of furan rings is 1. The van der Waals surface area contributed by atoms with Crippen molar-refractivity contribution < 1.29 is 4.42 Å². The van der Waals surface area contributed by atoms with Crippen LogP contribution in [0.2, 0.25) is 0 Å². The van der Waals surface area contributed by atoms with Gasteiger partial charge in [-0.3, -0.25) is 0 Å². The van der Waals surface area contributed by atoms with Crippen molar-refractivity contribution in [3.8, 4) is 22.3 Å². The van der Waals surface area contributed by atoms with Crippen LogP contribution in [-0.2, 0) is 0 Å². The highest BCUT2D eigenvalue weighted by Gasteiger charge is 2.22. The molecule has 0 aliphatic carbocycles. The maximum Gasteiger partial charge on any atom is 0.143 e. The van der Waals surface area contributed by atoms with E-state index in [1.807, 2.05) is 0 Å². The van der Waals surface area contributed by atoms with E-state index in [1.165, 1.54) is 38.4 Å². The fraction of sp³-hybridized carbons (Fsp3) is 0. The lowest BCUT2D eigenvalue weighted by molar-refractivity contribution is 0.672. The van der Waals surface area contributed by atoms with Crippen LogP contribution in [0.4, 0.5) is 17.1 Å². The van der Waals surface area contributed by atoms with Crippen LogP contribution in [0.5, 0.6) is 0 Å². The highest BCUT2D eigenvalue weighted by molar-refractivity contribution is 6.23. The van der Waals surface area contributed by atoms with Gasteiger partial charge in [0.05, 0.1) is 16.8 Å². The molecule has 216 valence electrons. The minimum absolute atomic E-state index is 0.869. The molecule has 2 heteroatoms. The van der Waals surface area contributed by atoms with Crippen LogP contribution in [0.3, 0.4) is 0 Å². The summed E-state index contributed by atoms with van der Waals surface area (Å²) in [4.78, 5) is 2.39. The average Bonchev–Trinajstić information content (AvgIpc) is 3.52. The molecule has 0 bridgehead atoms. The molecule has 0 radical (unpaired) electrons. The molecule has 1 heterocycles. The minimum Gasteiger partial charge on any atom is -0.455 e. The van der Waals surface area contributed by atoms with Crippen LogP contribution in [-0.4, -0.2) is 0 Å². The van der Waals surface area contributed by atoms with Crippen molar-refractivity contribution in [1.29, 1.82) is 0 Å². The number of hydrogen-bond donors (Lipinski definition) is 0. The lowest BCUT2D eigenvalue weighted by Crippen LogP contribution is -2.10. The third-order valence-corrected chi connectivity index (χ3v) is 9.05. The zero-order valence-corrected chi connectivity index (χ0v) is 25.1. The van der Waals surface area contributed by atoms with Crippen molar-refractivity contribution in [2.24, 2.45) is 0 Å². The minimum atomic E-state index is 0.869. The summed E-state index contributed by atoms with van der Waals surface area (Å²) in [5.74, 6) is 0. The van der Waals surface area contributed by atoms with Gasteiger partial charge in [-0.2, -0.15) is 0 Å². The SMILES string of the molecule is c1ccc(-c2ccc(N(c3cccc4ccccc34)c3cccc4oc5c6ccccc6c(-c6ccccc6)cc5c34)cc2)cc1. The van der Waals surface area contributed by atoms with Crippen molar-refractivity contribution in [2.45, 2.75) is 0 Å². The molecule has 0 unspecified atom stereocenters. The highest BCUT2D eigenvalue weighted by Crippen LogP contribution is 2.47. The van der Waals surface area contributed by atoms with Crippen LogP contribution < -0.4 is 4.90 Å². The monoisotopic (exact) mass is 587 g/mol. The fourth-order valence-electron chi connectivity index (χ4n) is 6.92. The van der Waals surface area contributed by atoms with E-state index in [0.717, 1.165) is 44.4 Å². The molecule has 0 spiro atoms. The Morgan fingerprint density at radius 1 is 0.391 bits per heavy atom. The molecule has 9 aromatic rings. The van der Waals surface area contributed by atoms with Crippen LogP contribution in [0.15, 0.2) is 180 Å². The number of benzene rings is 8. The van der Waals surface area contributed by atoms with E-state index in [1.54, 1.807) is 0 Å². The first-order chi connectivity index (χ1) is 22.8. The largest absolute Gasteiger partial charge is 0.455 e. The van der Waals surface area contributed by atoms with Gasteiger partial charge in [0.2, 0.25) is 0 Å². The molecule has 0 saturated heterocycles. The molecular formula is C44H29NO. The lowest BCUT2D eigenvalue weighted by Gasteiger charge is -2.27. The summed E-state index contributed by atoms with van der Waals surface area (Å²) in [7, 11) is 0. The van der Waals surface area contributed by atoms with Crippen molar-refractivity contribution in [2.75, 3.05) is 4.90 Å². The van der Waals surface area contributed by atoms with Gasteiger partial charge in [0.15, 0.2) is 0 Å². The first-order valence-electron chi connectivity index (χ1n) is 15.7. The molecule has 1 aromatic heterocycles. The topological polar surface area (TPSA) is 16.4 Å². The Morgan fingerprint density at radius 3 is 1.76 bits per heavy atom. The molecule has 46 heavy (non-hydrogen) atoms. The molecule has 0 saturated carbocycles. The maximum atomic E-state index is 6.76. The molecule has 2 nitrogen and oxygen atoms in total. The molecule has 9 rings (SSSR count). The first-order valence-corrected chi connectivity index (χ1v) is 15.7. The quantitative estimate of drug-likeness (QED) is 0.199. The Morgan fingerprint density at radius 2 is 0.978 bits per heavy atom. The third kappa shape index (κ3) is 4.27. The summed E-state index contributed by atoms with van der Waals surface area (Å²) in [5, 5.41) is 6.90. The predicted octanol–water partition coefficient (Wildman–Crippen LogP) is 12.7. The third-order valence-electron chi connectivity index (χ3n) is 9.05.